The zero-order valence-electron chi connectivity index (χ0n) is 9.14. The van der Waals surface area contributed by atoms with E-state index in [-0.39, 0.29) is 24.3 Å². The van der Waals surface area contributed by atoms with Gasteiger partial charge in [0.25, 0.3) is 5.91 Å². The number of rotatable bonds is 3. The normalized spacial score (nSPS) is 21.1. The van der Waals surface area contributed by atoms with Gasteiger partial charge in [-0.25, -0.2) is 9.69 Å². The standard InChI is InChI=1S/C10H14N2O4/c1-2-8(13)11-3-7(4-11)5-12-9(14)6-16-10(12)15/h7H,2-6H2,1H3. The molecule has 0 radical (unpaired) electrons. The van der Waals surface area contributed by atoms with Crippen LogP contribution < -0.4 is 0 Å². The van der Waals surface area contributed by atoms with Gasteiger partial charge < -0.3 is 9.64 Å². The van der Waals surface area contributed by atoms with E-state index in [1.54, 1.807) is 4.90 Å². The predicted molar refractivity (Wildman–Crippen MR) is 53.4 cm³/mol. The third-order valence-corrected chi connectivity index (χ3v) is 2.89. The van der Waals surface area contributed by atoms with Gasteiger partial charge in [0.1, 0.15) is 0 Å². The Labute approximate surface area is 93.1 Å². The number of hydrogen-bond donors (Lipinski definition) is 0. The topological polar surface area (TPSA) is 66.9 Å². The fourth-order valence-corrected chi connectivity index (χ4v) is 1.93. The molecule has 0 atom stereocenters. The minimum atomic E-state index is -0.565. The van der Waals surface area contributed by atoms with Gasteiger partial charge in [-0.2, -0.15) is 0 Å². The minimum absolute atomic E-state index is 0.117. The molecular formula is C10H14N2O4. The second kappa shape index (κ2) is 4.11. The Bertz CT molecular complexity index is 320. The van der Waals surface area contributed by atoms with Crippen molar-refractivity contribution in [2.24, 2.45) is 5.92 Å². The van der Waals surface area contributed by atoms with Crippen molar-refractivity contribution in [3.63, 3.8) is 0 Å². The molecule has 88 valence electrons. The number of carbonyl (C=O) groups is 3. The number of carbonyl (C=O) groups excluding carboxylic acids is 3. The Morgan fingerprint density at radius 3 is 2.62 bits per heavy atom. The van der Waals surface area contributed by atoms with Gasteiger partial charge in [-0.05, 0) is 0 Å². The summed E-state index contributed by atoms with van der Waals surface area (Å²) < 4.78 is 4.60. The summed E-state index contributed by atoms with van der Waals surface area (Å²) in [5, 5.41) is 0. The lowest BCUT2D eigenvalue weighted by atomic mass is 9.99. The summed E-state index contributed by atoms with van der Waals surface area (Å²) in [6.45, 7) is 3.29. The smallest absolute Gasteiger partial charge is 0.417 e. The van der Waals surface area contributed by atoms with E-state index >= 15 is 0 Å². The van der Waals surface area contributed by atoms with Crippen molar-refractivity contribution in [3.05, 3.63) is 0 Å². The van der Waals surface area contributed by atoms with E-state index in [1.807, 2.05) is 6.92 Å². The Balaban J connectivity index is 1.79. The Hall–Kier alpha value is -1.59. The summed E-state index contributed by atoms with van der Waals surface area (Å²) >= 11 is 0. The van der Waals surface area contributed by atoms with Crippen LogP contribution in [-0.2, 0) is 14.3 Å². The highest BCUT2D eigenvalue weighted by atomic mass is 16.6. The molecule has 0 unspecified atom stereocenters. The van der Waals surface area contributed by atoms with E-state index in [0.717, 1.165) is 4.90 Å². The highest BCUT2D eigenvalue weighted by Crippen LogP contribution is 2.19. The third kappa shape index (κ3) is 1.87. The van der Waals surface area contributed by atoms with Gasteiger partial charge in [0, 0.05) is 32.0 Å². The first-order chi connectivity index (χ1) is 7.61. The number of imide groups is 1. The number of ether oxygens (including phenoxy) is 1. The maximum Gasteiger partial charge on any atom is 0.417 e. The summed E-state index contributed by atoms with van der Waals surface area (Å²) in [4.78, 5) is 36.5. The molecule has 0 N–H and O–H groups in total. The lowest BCUT2D eigenvalue weighted by molar-refractivity contribution is -0.137. The molecule has 0 bridgehead atoms. The van der Waals surface area contributed by atoms with E-state index in [2.05, 4.69) is 4.74 Å². The maximum atomic E-state index is 11.3. The van der Waals surface area contributed by atoms with Crippen LogP contribution >= 0.6 is 0 Å². The summed E-state index contributed by atoms with van der Waals surface area (Å²) in [5.41, 5.74) is 0. The van der Waals surface area contributed by atoms with Crippen molar-refractivity contribution < 1.29 is 19.1 Å². The fraction of sp³-hybridized carbons (Fsp3) is 0.700. The number of hydrogen-bond acceptors (Lipinski definition) is 4. The molecule has 2 heterocycles. The van der Waals surface area contributed by atoms with Gasteiger partial charge in [0.15, 0.2) is 6.61 Å². The second-order valence-corrected chi connectivity index (χ2v) is 4.08. The van der Waals surface area contributed by atoms with Crippen molar-refractivity contribution in [1.82, 2.24) is 9.80 Å². The van der Waals surface area contributed by atoms with Crippen molar-refractivity contribution >= 4 is 17.9 Å². The van der Waals surface area contributed by atoms with E-state index in [0.29, 0.717) is 26.1 Å². The number of cyclic esters (lactones) is 1. The van der Waals surface area contributed by atoms with Crippen molar-refractivity contribution in [2.45, 2.75) is 13.3 Å². The van der Waals surface area contributed by atoms with E-state index in [1.165, 1.54) is 0 Å². The van der Waals surface area contributed by atoms with Gasteiger partial charge in [0.2, 0.25) is 5.91 Å². The summed E-state index contributed by atoms with van der Waals surface area (Å²) in [6.07, 6.45) is -0.0671. The fourth-order valence-electron chi connectivity index (χ4n) is 1.93. The van der Waals surface area contributed by atoms with Crippen LogP contribution in [0.1, 0.15) is 13.3 Å². The van der Waals surface area contributed by atoms with Crippen LogP contribution in [-0.4, -0.2) is 53.9 Å². The zero-order valence-corrected chi connectivity index (χ0v) is 9.14. The molecule has 2 aliphatic rings. The quantitative estimate of drug-likeness (QED) is 0.670. The van der Waals surface area contributed by atoms with Gasteiger partial charge >= 0.3 is 6.09 Å². The maximum absolute atomic E-state index is 11.3. The monoisotopic (exact) mass is 226 g/mol. The lowest BCUT2D eigenvalue weighted by Crippen LogP contribution is -2.54. The minimum Gasteiger partial charge on any atom is -0.439 e. The molecule has 16 heavy (non-hydrogen) atoms. The van der Waals surface area contributed by atoms with Crippen LogP contribution in [0.5, 0.6) is 0 Å². The Morgan fingerprint density at radius 1 is 1.44 bits per heavy atom. The molecule has 0 aromatic rings. The van der Waals surface area contributed by atoms with Gasteiger partial charge in [-0.15, -0.1) is 0 Å². The highest BCUT2D eigenvalue weighted by molar-refractivity contribution is 5.97. The lowest BCUT2D eigenvalue weighted by Gasteiger charge is -2.40. The largest absolute Gasteiger partial charge is 0.439 e. The summed E-state index contributed by atoms with van der Waals surface area (Å²) in [7, 11) is 0. The van der Waals surface area contributed by atoms with E-state index in [4.69, 9.17) is 0 Å². The van der Waals surface area contributed by atoms with Crippen LogP contribution in [0.15, 0.2) is 0 Å². The summed E-state index contributed by atoms with van der Waals surface area (Å²) in [6, 6.07) is 0. The molecule has 2 saturated heterocycles. The first kappa shape index (κ1) is 10.9. The molecule has 0 saturated carbocycles. The number of likely N-dealkylation sites (tertiary alicyclic amines) is 1. The molecule has 2 fully saturated rings. The second-order valence-electron chi connectivity index (χ2n) is 4.08. The van der Waals surface area contributed by atoms with Crippen LogP contribution in [0.25, 0.3) is 0 Å². The average Bonchev–Trinajstić information content (AvgIpc) is 2.52. The molecule has 0 aromatic heterocycles. The van der Waals surface area contributed by atoms with Crippen molar-refractivity contribution in [1.29, 1.82) is 0 Å². The molecule has 0 aromatic carbocycles. The van der Waals surface area contributed by atoms with Crippen LogP contribution in [0.3, 0.4) is 0 Å². The van der Waals surface area contributed by atoms with Crippen LogP contribution in [0, 0.1) is 5.92 Å². The molecule has 3 amide bonds. The first-order valence-corrected chi connectivity index (χ1v) is 5.36. The molecule has 0 aliphatic carbocycles. The van der Waals surface area contributed by atoms with E-state index in [9.17, 15) is 14.4 Å². The summed E-state index contributed by atoms with van der Waals surface area (Å²) in [5.74, 6) is 0.0296. The van der Waals surface area contributed by atoms with Gasteiger partial charge in [0.05, 0.1) is 0 Å². The molecule has 6 nitrogen and oxygen atoms in total. The van der Waals surface area contributed by atoms with Crippen molar-refractivity contribution in [3.8, 4) is 0 Å². The molecule has 2 aliphatic heterocycles. The SMILES string of the molecule is CCC(=O)N1CC(CN2C(=O)COC2=O)C1. The van der Waals surface area contributed by atoms with Gasteiger partial charge in [-0.3, -0.25) is 9.59 Å². The molecule has 6 heteroatoms. The van der Waals surface area contributed by atoms with Gasteiger partial charge in [-0.1, -0.05) is 6.92 Å². The highest BCUT2D eigenvalue weighted by Gasteiger charge is 2.37. The Morgan fingerprint density at radius 2 is 2.12 bits per heavy atom. The number of amides is 3. The van der Waals surface area contributed by atoms with Crippen molar-refractivity contribution in [2.75, 3.05) is 26.2 Å². The van der Waals surface area contributed by atoms with Crippen LogP contribution in [0.2, 0.25) is 0 Å². The zero-order chi connectivity index (χ0) is 11.7. The average molecular weight is 226 g/mol. The van der Waals surface area contributed by atoms with Crippen LogP contribution in [0.4, 0.5) is 4.79 Å². The first-order valence-electron chi connectivity index (χ1n) is 5.36. The molecule has 2 rings (SSSR count). The van der Waals surface area contributed by atoms with E-state index < -0.39 is 6.09 Å². The predicted octanol–water partition coefficient (Wildman–Crippen LogP) is -0.166. The third-order valence-electron chi connectivity index (χ3n) is 2.89. The molecule has 0 spiro atoms. The number of nitrogens with zero attached hydrogens (tertiary/aromatic N) is 2. The molecular weight excluding hydrogens is 212 g/mol. The Kier molecular flexibility index (Phi) is 2.80.